The number of rotatable bonds is 3. The van der Waals surface area contributed by atoms with Crippen molar-refractivity contribution in [2.45, 2.75) is 102 Å². The van der Waals surface area contributed by atoms with Crippen molar-refractivity contribution in [3.8, 4) is 0 Å². The maximum atomic E-state index is 12.2. The Bertz CT molecular complexity index is 580. The Balaban J connectivity index is 1.61. The fourth-order valence-corrected chi connectivity index (χ4v) is 4.34. The second-order valence-electron chi connectivity index (χ2n) is 9.52. The van der Waals surface area contributed by atoms with Crippen LogP contribution in [0.3, 0.4) is 0 Å². The maximum absolute atomic E-state index is 12.2. The van der Waals surface area contributed by atoms with Crippen LogP contribution in [0.1, 0.15) is 72.6 Å². The van der Waals surface area contributed by atoms with E-state index in [2.05, 4.69) is 18.3 Å². The predicted octanol–water partition coefficient (Wildman–Crippen LogP) is 3.57. The topological polar surface area (TPSA) is 92.0 Å². The van der Waals surface area contributed by atoms with Gasteiger partial charge in [0.05, 0.1) is 6.10 Å². The van der Waals surface area contributed by atoms with Crippen molar-refractivity contribution in [1.29, 1.82) is 0 Å². The minimum absolute atomic E-state index is 0.0640. The Morgan fingerprint density at radius 3 is 2.86 bits per heavy atom. The number of hydrogen-bond donors (Lipinski definition) is 2. The summed E-state index contributed by atoms with van der Waals surface area (Å²) in [6.45, 7) is 8.13. The van der Waals surface area contributed by atoms with Crippen LogP contribution in [0, 0.1) is 5.92 Å². The Kier molecular flexibility index (Phi) is 6.69. The van der Waals surface area contributed by atoms with Crippen LogP contribution in [0.5, 0.6) is 0 Å². The molecule has 4 unspecified atom stereocenters. The first-order valence-electron chi connectivity index (χ1n) is 10.6. The summed E-state index contributed by atoms with van der Waals surface area (Å²) in [6.07, 6.45) is 7.43. The summed E-state index contributed by atoms with van der Waals surface area (Å²) in [5.74, 6) is -0.207. The van der Waals surface area contributed by atoms with Crippen LogP contribution in [-0.2, 0) is 19.2 Å². The number of ether oxygens (including phenoxy) is 2. The molecular formula is C21H36N2O5. The van der Waals surface area contributed by atoms with Gasteiger partial charge < -0.3 is 20.5 Å². The van der Waals surface area contributed by atoms with Crippen LogP contribution in [0.4, 0.5) is 4.79 Å². The lowest BCUT2D eigenvalue weighted by molar-refractivity contribution is -0.453. The van der Waals surface area contributed by atoms with E-state index < -0.39 is 17.4 Å². The molecule has 2 fully saturated rings. The summed E-state index contributed by atoms with van der Waals surface area (Å²) in [4.78, 5) is 23.7. The van der Waals surface area contributed by atoms with Gasteiger partial charge in [-0.15, -0.1) is 0 Å². The van der Waals surface area contributed by atoms with Gasteiger partial charge in [0.25, 0.3) is 0 Å². The summed E-state index contributed by atoms with van der Waals surface area (Å²) in [7, 11) is 0. The summed E-state index contributed by atoms with van der Waals surface area (Å²) in [5, 5.41) is 2.73. The zero-order chi connectivity index (χ0) is 20.4. The molecule has 0 aromatic rings. The second-order valence-corrected chi connectivity index (χ2v) is 9.52. The van der Waals surface area contributed by atoms with Crippen LogP contribution in [0.25, 0.3) is 0 Å². The normalized spacial score (nSPS) is 36.7. The Morgan fingerprint density at radius 2 is 2.14 bits per heavy atom. The van der Waals surface area contributed by atoms with E-state index in [4.69, 9.17) is 25.0 Å². The van der Waals surface area contributed by atoms with E-state index in [0.29, 0.717) is 18.9 Å². The molecule has 7 nitrogen and oxygen atoms in total. The molecule has 0 aromatic carbocycles. The molecule has 1 spiro atoms. The SMILES string of the molecule is CC1C=C2CC(C2)CC(C)OC2(CCCC(OC(=O)NCC(C)(C)N)C2)OO1. The van der Waals surface area contributed by atoms with Crippen molar-refractivity contribution in [2.24, 2.45) is 11.7 Å². The van der Waals surface area contributed by atoms with E-state index in [0.717, 1.165) is 38.5 Å². The van der Waals surface area contributed by atoms with Crippen molar-refractivity contribution in [1.82, 2.24) is 5.32 Å². The van der Waals surface area contributed by atoms with Crippen LogP contribution in [-0.4, -0.2) is 42.3 Å². The van der Waals surface area contributed by atoms with Crippen LogP contribution < -0.4 is 11.1 Å². The third-order valence-electron chi connectivity index (χ3n) is 5.59. The number of fused-ring (bicyclic) bond motifs is 5. The molecule has 0 radical (unpaired) electrons. The van der Waals surface area contributed by atoms with E-state index in [1.165, 1.54) is 5.57 Å². The highest BCUT2D eigenvalue weighted by molar-refractivity contribution is 5.67. The van der Waals surface area contributed by atoms with Crippen LogP contribution >= 0.6 is 0 Å². The second kappa shape index (κ2) is 8.69. The molecule has 4 atom stereocenters. The van der Waals surface area contributed by atoms with Gasteiger partial charge in [-0.3, -0.25) is 0 Å². The number of carbonyl (C=O) groups is 1. The first-order valence-corrected chi connectivity index (χ1v) is 10.6. The van der Waals surface area contributed by atoms with Gasteiger partial charge in [0, 0.05) is 24.9 Å². The monoisotopic (exact) mass is 396 g/mol. The fourth-order valence-electron chi connectivity index (χ4n) is 4.34. The van der Waals surface area contributed by atoms with Gasteiger partial charge in [0.2, 0.25) is 5.79 Å². The fraction of sp³-hybridized carbons (Fsp3) is 0.857. The van der Waals surface area contributed by atoms with Gasteiger partial charge in [0.1, 0.15) is 12.2 Å². The third-order valence-corrected chi connectivity index (χ3v) is 5.59. The Labute approximate surface area is 168 Å². The summed E-state index contributed by atoms with van der Waals surface area (Å²) in [6, 6.07) is 0. The number of nitrogens with one attached hydrogen (secondary N) is 1. The van der Waals surface area contributed by atoms with Crippen molar-refractivity contribution in [2.75, 3.05) is 6.54 Å². The van der Waals surface area contributed by atoms with E-state index in [-0.39, 0.29) is 18.3 Å². The molecule has 7 heteroatoms. The number of alkyl carbamates (subject to hydrolysis) is 1. The predicted molar refractivity (Wildman–Crippen MR) is 105 cm³/mol. The molecule has 4 rings (SSSR count). The Morgan fingerprint density at radius 1 is 1.39 bits per heavy atom. The van der Waals surface area contributed by atoms with Gasteiger partial charge in [-0.2, -0.15) is 0 Å². The number of carbonyl (C=O) groups excluding carboxylic acids is 1. The van der Waals surface area contributed by atoms with Crippen molar-refractivity contribution in [3.05, 3.63) is 11.6 Å². The van der Waals surface area contributed by atoms with Crippen LogP contribution in [0.2, 0.25) is 0 Å². The van der Waals surface area contributed by atoms with Gasteiger partial charge in [-0.05, 0) is 65.7 Å². The quantitative estimate of drug-likeness (QED) is 0.560. The number of amides is 1. The van der Waals surface area contributed by atoms with Gasteiger partial charge in [0.15, 0.2) is 0 Å². The summed E-state index contributed by atoms with van der Waals surface area (Å²) < 4.78 is 12.0. The largest absolute Gasteiger partial charge is 0.446 e. The average molecular weight is 397 g/mol. The third kappa shape index (κ3) is 6.17. The van der Waals surface area contributed by atoms with Crippen molar-refractivity contribution >= 4 is 6.09 Å². The molecule has 0 aromatic heterocycles. The molecule has 4 aliphatic rings. The first-order chi connectivity index (χ1) is 13.1. The molecule has 3 N–H and O–H groups in total. The van der Waals surface area contributed by atoms with Gasteiger partial charge >= 0.3 is 6.09 Å². The number of nitrogens with two attached hydrogens (primary N) is 1. The molecule has 2 aliphatic carbocycles. The number of hydrogen-bond acceptors (Lipinski definition) is 6. The van der Waals surface area contributed by atoms with Gasteiger partial charge in [-0.25, -0.2) is 14.6 Å². The molecule has 28 heavy (non-hydrogen) atoms. The lowest BCUT2D eigenvalue weighted by Crippen LogP contribution is -2.48. The van der Waals surface area contributed by atoms with Crippen LogP contribution in [0.15, 0.2) is 11.6 Å². The van der Waals surface area contributed by atoms with Crippen molar-refractivity contribution < 1.29 is 24.0 Å². The summed E-state index contributed by atoms with van der Waals surface area (Å²) >= 11 is 0. The zero-order valence-corrected chi connectivity index (χ0v) is 17.7. The molecule has 0 saturated heterocycles. The van der Waals surface area contributed by atoms with E-state index in [1.54, 1.807) is 0 Å². The molecule has 1 amide bonds. The van der Waals surface area contributed by atoms with Gasteiger partial charge in [-0.1, -0.05) is 11.6 Å². The Hall–Kier alpha value is -1.15. The highest BCUT2D eigenvalue weighted by Crippen LogP contribution is 2.41. The molecule has 2 saturated carbocycles. The smallest absolute Gasteiger partial charge is 0.407 e. The minimum atomic E-state index is -0.878. The molecule has 2 aliphatic heterocycles. The lowest BCUT2D eigenvalue weighted by Gasteiger charge is -2.41. The molecular weight excluding hydrogens is 360 g/mol. The highest BCUT2D eigenvalue weighted by atomic mass is 17.2. The molecule has 2 bridgehead atoms. The number of allylic oxidation sites excluding steroid dienone is 1. The highest BCUT2D eigenvalue weighted by Gasteiger charge is 2.44. The average Bonchev–Trinajstić information content (AvgIpc) is 2.58. The van der Waals surface area contributed by atoms with Crippen molar-refractivity contribution in [3.63, 3.8) is 0 Å². The lowest BCUT2D eigenvalue weighted by atomic mass is 9.76. The standard InChI is InChI=1S/C21H36N2O5/c1-14-8-16-10-17(11-16)9-15(2)27-28-21(26-14)7-5-6-18(12-21)25-19(24)23-13-20(3,4)22/h9,14-16,18H,5-8,10-13,22H2,1-4H3,(H,23,24). The molecule has 160 valence electrons. The zero-order valence-electron chi connectivity index (χ0n) is 17.7. The molecule has 2 heterocycles. The van der Waals surface area contributed by atoms with E-state index in [9.17, 15) is 4.79 Å². The maximum Gasteiger partial charge on any atom is 0.407 e. The first kappa shape index (κ1) is 21.6. The van der Waals surface area contributed by atoms with E-state index in [1.807, 2.05) is 20.8 Å². The summed E-state index contributed by atoms with van der Waals surface area (Å²) in [5.41, 5.74) is 6.87. The minimum Gasteiger partial charge on any atom is -0.446 e. The van der Waals surface area contributed by atoms with E-state index >= 15 is 0 Å².